The van der Waals surface area contributed by atoms with E-state index in [9.17, 15) is 4.39 Å². The summed E-state index contributed by atoms with van der Waals surface area (Å²) in [6.45, 7) is 5.47. The van der Waals surface area contributed by atoms with Crippen molar-refractivity contribution in [2.75, 3.05) is 11.9 Å². The van der Waals surface area contributed by atoms with Crippen molar-refractivity contribution in [2.24, 2.45) is 0 Å². The maximum absolute atomic E-state index is 13.5. The van der Waals surface area contributed by atoms with Crippen LogP contribution in [0.3, 0.4) is 0 Å². The van der Waals surface area contributed by atoms with Gasteiger partial charge in [-0.15, -0.1) is 0 Å². The largest absolute Gasteiger partial charge is 0.488 e. The van der Waals surface area contributed by atoms with Gasteiger partial charge in [0.1, 0.15) is 30.3 Å². The SMILES string of the molecule is C=C/C=C(F)\C=C(/C)COc1ccc(Nc2ncnc3ccc(-c4cc[nH]c4)cc23)cc1Cl. The predicted octanol–water partition coefficient (Wildman–Crippen LogP) is 7.39. The van der Waals surface area contributed by atoms with E-state index in [0.29, 0.717) is 16.6 Å². The van der Waals surface area contributed by atoms with Gasteiger partial charge in [0.25, 0.3) is 0 Å². The third-order valence-electron chi connectivity index (χ3n) is 4.88. The Balaban J connectivity index is 1.53. The fourth-order valence-electron chi connectivity index (χ4n) is 3.30. The summed E-state index contributed by atoms with van der Waals surface area (Å²) < 4.78 is 19.3. The maximum Gasteiger partial charge on any atom is 0.141 e. The number of aromatic nitrogens is 3. The molecule has 0 saturated carbocycles. The van der Waals surface area contributed by atoms with E-state index in [0.717, 1.165) is 33.3 Å². The van der Waals surface area contributed by atoms with Gasteiger partial charge < -0.3 is 15.0 Å². The van der Waals surface area contributed by atoms with E-state index >= 15 is 0 Å². The van der Waals surface area contributed by atoms with Crippen LogP contribution in [-0.2, 0) is 0 Å². The summed E-state index contributed by atoms with van der Waals surface area (Å²) in [7, 11) is 0. The van der Waals surface area contributed by atoms with Gasteiger partial charge in [0.15, 0.2) is 0 Å². The highest BCUT2D eigenvalue weighted by Gasteiger charge is 2.09. The molecule has 0 fully saturated rings. The molecule has 0 aliphatic heterocycles. The summed E-state index contributed by atoms with van der Waals surface area (Å²) in [4.78, 5) is 11.9. The molecule has 0 aliphatic carbocycles. The normalized spacial score (nSPS) is 12.1. The van der Waals surface area contributed by atoms with Gasteiger partial charge in [0.2, 0.25) is 0 Å². The number of benzene rings is 2. The van der Waals surface area contributed by atoms with Crippen molar-refractivity contribution in [2.45, 2.75) is 6.92 Å². The number of nitrogens with one attached hydrogen (secondary N) is 2. The van der Waals surface area contributed by atoms with Crippen LogP contribution in [-0.4, -0.2) is 21.6 Å². The Bertz CT molecular complexity index is 1350. The van der Waals surface area contributed by atoms with Gasteiger partial charge in [-0.1, -0.05) is 30.3 Å². The van der Waals surface area contributed by atoms with Crippen LogP contribution in [0.2, 0.25) is 5.02 Å². The fourth-order valence-corrected chi connectivity index (χ4v) is 3.54. The number of hydrogen-bond donors (Lipinski definition) is 2. The molecule has 2 aromatic heterocycles. The number of halogens is 2. The first-order valence-corrected chi connectivity index (χ1v) is 10.6. The zero-order valence-corrected chi connectivity index (χ0v) is 18.7. The van der Waals surface area contributed by atoms with Gasteiger partial charge in [0, 0.05) is 23.5 Å². The first kappa shape index (κ1) is 22.3. The number of ether oxygens (including phenoxy) is 1. The lowest BCUT2D eigenvalue weighted by Gasteiger charge is -2.12. The molecule has 0 radical (unpaired) electrons. The smallest absolute Gasteiger partial charge is 0.141 e. The molecular weight excluding hydrogens is 439 g/mol. The third-order valence-corrected chi connectivity index (χ3v) is 5.17. The van der Waals surface area contributed by atoms with Gasteiger partial charge in [-0.25, -0.2) is 14.4 Å². The second kappa shape index (κ2) is 10.1. The molecule has 33 heavy (non-hydrogen) atoms. The summed E-state index contributed by atoms with van der Waals surface area (Å²) in [5.41, 5.74) is 4.45. The monoisotopic (exact) mass is 460 g/mol. The topological polar surface area (TPSA) is 62.8 Å². The molecular formula is C26H22ClFN4O. The summed E-state index contributed by atoms with van der Waals surface area (Å²) in [5, 5.41) is 4.64. The number of nitrogens with zero attached hydrogens (tertiary/aromatic N) is 2. The molecule has 2 aromatic carbocycles. The number of anilines is 2. The summed E-state index contributed by atoms with van der Waals surface area (Å²) in [6.07, 6.45) is 9.43. The van der Waals surface area contributed by atoms with Crippen LogP contribution in [0, 0.1) is 0 Å². The Morgan fingerprint density at radius 2 is 2.06 bits per heavy atom. The van der Waals surface area contributed by atoms with Crippen LogP contribution in [0.1, 0.15) is 6.92 Å². The van der Waals surface area contributed by atoms with Crippen molar-refractivity contribution in [1.29, 1.82) is 0 Å². The lowest BCUT2D eigenvalue weighted by atomic mass is 10.1. The van der Waals surface area contributed by atoms with Gasteiger partial charge in [-0.05, 0) is 72.2 Å². The zero-order valence-electron chi connectivity index (χ0n) is 18.0. The van der Waals surface area contributed by atoms with Crippen LogP contribution >= 0.6 is 11.6 Å². The summed E-state index contributed by atoms with van der Waals surface area (Å²) >= 11 is 6.43. The van der Waals surface area contributed by atoms with Crippen LogP contribution < -0.4 is 10.1 Å². The van der Waals surface area contributed by atoms with Crippen molar-refractivity contribution < 1.29 is 9.13 Å². The average Bonchev–Trinajstić information content (AvgIpc) is 3.34. The summed E-state index contributed by atoms with van der Waals surface area (Å²) in [6, 6.07) is 13.4. The fraction of sp³-hybridized carbons (Fsp3) is 0.0769. The molecule has 0 unspecified atom stereocenters. The third kappa shape index (κ3) is 5.48. The first-order chi connectivity index (χ1) is 16.0. The number of H-pyrrole nitrogens is 1. The second-order valence-corrected chi connectivity index (χ2v) is 7.80. The van der Waals surface area contributed by atoms with Crippen molar-refractivity contribution in [3.05, 3.63) is 102 Å². The highest BCUT2D eigenvalue weighted by molar-refractivity contribution is 6.32. The Hall–Kier alpha value is -3.90. The lowest BCUT2D eigenvalue weighted by molar-refractivity contribution is 0.352. The van der Waals surface area contributed by atoms with E-state index in [2.05, 4.69) is 32.9 Å². The second-order valence-electron chi connectivity index (χ2n) is 7.39. The zero-order chi connectivity index (χ0) is 23.2. The predicted molar refractivity (Wildman–Crippen MR) is 133 cm³/mol. The highest BCUT2D eigenvalue weighted by Crippen LogP contribution is 2.32. The molecule has 0 amide bonds. The van der Waals surface area contributed by atoms with Crippen molar-refractivity contribution in [3.63, 3.8) is 0 Å². The van der Waals surface area contributed by atoms with E-state index in [1.165, 1.54) is 24.6 Å². The minimum absolute atomic E-state index is 0.212. The minimum Gasteiger partial charge on any atom is -0.488 e. The van der Waals surface area contributed by atoms with E-state index < -0.39 is 0 Å². The van der Waals surface area contributed by atoms with E-state index in [-0.39, 0.29) is 12.4 Å². The van der Waals surface area contributed by atoms with Gasteiger partial charge >= 0.3 is 0 Å². The number of hydrogen-bond acceptors (Lipinski definition) is 4. The number of rotatable bonds is 8. The molecule has 0 atom stereocenters. The van der Waals surface area contributed by atoms with E-state index in [4.69, 9.17) is 16.3 Å². The molecule has 0 saturated heterocycles. The summed E-state index contributed by atoms with van der Waals surface area (Å²) in [5.74, 6) is 0.796. The average molecular weight is 461 g/mol. The molecule has 4 rings (SSSR count). The van der Waals surface area contributed by atoms with Crippen LogP contribution in [0.25, 0.3) is 22.0 Å². The number of fused-ring (bicyclic) bond motifs is 1. The standard InChI is InChI=1S/C26H22ClFN4O/c1-3-4-20(28)11-17(2)15-33-25-8-6-21(13-23(25)27)32-26-22-12-18(19-9-10-29-14-19)5-7-24(22)30-16-31-26/h3-14,16,29H,1,15H2,2H3,(H,30,31,32)/b17-11+,20-4+. The molecule has 0 aliphatic rings. The van der Waals surface area contributed by atoms with E-state index in [1.54, 1.807) is 19.1 Å². The highest BCUT2D eigenvalue weighted by atomic mass is 35.5. The number of aromatic amines is 1. The molecule has 7 heteroatoms. The Morgan fingerprint density at radius 1 is 1.18 bits per heavy atom. The van der Waals surface area contributed by atoms with Gasteiger partial charge in [0.05, 0.1) is 10.5 Å². The molecule has 166 valence electrons. The molecule has 2 N–H and O–H groups in total. The van der Waals surface area contributed by atoms with E-state index in [1.807, 2.05) is 36.7 Å². The Kier molecular flexibility index (Phi) is 6.86. The van der Waals surface area contributed by atoms with Gasteiger partial charge in [-0.2, -0.15) is 0 Å². The minimum atomic E-state index is -0.381. The van der Waals surface area contributed by atoms with Crippen molar-refractivity contribution >= 4 is 34.0 Å². The van der Waals surface area contributed by atoms with Gasteiger partial charge in [-0.3, -0.25) is 0 Å². The quantitative estimate of drug-likeness (QED) is 0.269. The molecule has 2 heterocycles. The molecule has 0 spiro atoms. The Morgan fingerprint density at radius 3 is 2.82 bits per heavy atom. The lowest BCUT2D eigenvalue weighted by Crippen LogP contribution is -2.00. The molecule has 4 aromatic rings. The van der Waals surface area contributed by atoms with Crippen LogP contribution in [0.15, 0.2) is 97.4 Å². The Labute approximate surface area is 196 Å². The van der Waals surface area contributed by atoms with Crippen LogP contribution in [0.5, 0.6) is 5.75 Å². The van der Waals surface area contributed by atoms with Crippen LogP contribution in [0.4, 0.5) is 15.9 Å². The van der Waals surface area contributed by atoms with Crippen molar-refractivity contribution in [1.82, 2.24) is 15.0 Å². The molecule has 5 nitrogen and oxygen atoms in total. The molecule has 0 bridgehead atoms. The number of allylic oxidation sites excluding steroid dienone is 4. The first-order valence-electron chi connectivity index (χ1n) is 10.3. The maximum atomic E-state index is 13.5. The van der Waals surface area contributed by atoms with Crippen molar-refractivity contribution in [3.8, 4) is 16.9 Å².